The SMILES string of the molecule is N#Cc1ccc(COc2nc(N3CCC4(CC3)CC4C(=O)O)c(F)cc2F)c(F)c1. The summed E-state index contributed by atoms with van der Waals surface area (Å²) in [5, 5.41) is 18.0. The molecule has 1 aromatic carbocycles. The van der Waals surface area contributed by atoms with Gasteiger partial charge in [-0.15, -0.1) is 0 Å². The fourth-order valence-electron chi connectivity index (χ4n) is 4.06. The second-order valence-corrected chi connectivity index (χ2v) is 7.73. The van der Waals surface area contributed by atoms with Gasteiger partial charge in [-0.25, -0.2) is 13.2 Å². The number of piperidine rings is 1. The summed E-state index contributed by atoms with van der Waals surface area (Å²) in [5.74, 6) is -4.21. The van der Waals surface area contributed by atoms with Gasteiger partial charge in [0.05, 0.1) is 17.6 Å². The van der Waals surface area contributed by atoms with Crippen LogP contribution in [0.4, 0.5) is 19.0 Å². The van der Waals surface area contributed by atoms with E-state index in [2.05, 4.69) is 4.98 Å². The number of pyridine rings is 1. The first-order valence-corrected chi connectivity index (χ1v) is 9.48. The lowest BCUT2D eigenvalue weighted by Crippen LogP contribution is -2.37. The van der Waals surface area contributed by atoms with Crippen LogP contribution in [0.15, 0.2) is 24.3 Å². The normalized spacial score (nSPS) is 19.4. The first kappa shape index (κ1) is 20.0. The van der Waals surface area contributed by atoms with Gasteiger partial charge in [0, 0.05) is 24.7 Å². The molecule has 2 fully saturated rings. The molecule has 1 N–H and O–H groups in total. The molecule has 156 valence electrons. The molecule has 30 heavy (non-hydrogen) atoms. The Morgan fingerprint density at radius 2 is 1.97 bits per heavy atom. The summed E-state index contributed by atoms with van der Waals surface area (Å²) in [4.78, 5) is 16.8. The van der Waals surface area contributed by atoms with Crippen LogP contribution >= 0.6 is 0 Å². The van der Waals surface area contributed by atoms with E-state index >= 15 is 0 Å². The summed E-state index contributed by atoms with van der Waals surface area (Å²) in [6.45, 7) is 0.474. The van der Waals surface area contributed by atoms with Crippen molar-refractivity contribution in [3.05, 3.63) is 52.8 Å². The predicted molar refractivity (Wildman–Crippen MR) is 99.2 cm³/mol. The second-order valence-electron chi connectivity index (χ2n) is 7.73. The van der Waals surface area contributed by atoms with Crippen molar-refractivity contribution < 1.29 is 27.8 Å². The van der Waals surface area contributed by atoms with Gasteiger partial charge in [0.2, 0.25) is 0 Å². The summed E-state index contributed by atoms with van der Waals surface area (Å²) in [6, 6.07) is 6.30. The molecule has 0 radical (unpaired) electrons. The van der Waals surface area contributed by atoms with Crippen molar-refractivity contribution in [2.24, 2.45) is 11.3 Å². The van der Waals surface area contributed by atoms with Gasteiger partial charge in [-0.05, 0) is 36.8 Å². The standard InChI is InChI=1S/C21H18F3N3O3/c22-15-7-12(10-25)1-2-13(15)11-30-19-17(24)8-16(23)18(26-19)27-5-3-21(4-6-27)9-14(21)20(28)29/h1-2,7-8,14H,3-6,9,11H2,(H,28,29). The maximum absolute atomic E-state index is 14.4. The average Bonchev–Trinajstić information content (AvgIpc) is 3.43. The summed E-state index contributed by atoms with van der Waals surface area (Å²) in [5.41, 5.74) is 0.0217. The van der Waals surface area contributed by atoms with Crippen molar-refractivity contribution >= 4 is 11.8 Å². The highest BCUT2D eigenvalue weighted by Crippen LogP contribution is 2.59. The number of rotatable bonds is 5. The number of ether oxygens (including phenoxy) is 1. The first-order valence-electron chi connectivity index (χ1n) is 9.48. The van der Waals surface area contributed by atoms with E-state index in [1.54, 1.807) is 4.90 Å². The van der Waals surface area contributed by atoms with Gasteiger partial charge in [0.15, 0.2) is 17.5 Å². The van der Waals surface area contributed by atoms with Gasteiger partial charge in [-0.3, -0.25) is 4.79 Å². The maximum atomic E-state index is 14.4. The Kier molecular flexibility index (Phi) is 5.02. The van der Waals surface area contributed by atoms with Crippen molar-refractivity contribution in [2.75, 3.05) is 18.0 Å². The predicted octanol–water partition coefficient (Wildman–Crippen LogP) is 3.64. The molecule has 0 bridgehead atoms. The quantitative estimate of drug-likeness (QED) is 0.800. The molecule has 4 rings (SSSR count). The minimum Gasteiger partial charge on any atom is -0.481 e. The molecule has 0 amide bonds. The summed E-state index contributed by atoms with van der Waals surface area (Å²) in [6.07, 6.45) is 1.81. The lowest BCUT2D eigenvalue weighted by atomic mass is 9.91. The van der Waals surface area contributed by atoms with E-state index in [0.29, 0.717) is 38.4 Å². The lowest BCUT2D eigenvalue weighted by molar-refractivity contribution is -0.139. The number of halogens is 3. The molecule has 1 saturated carbocycles. The van der Waals surface area contributed by atoms with E-state index in [4.69, 9.17) is 10.00 Å². The molecule has 2 aromatic rings. The second kappa shape index (κ2) is 7.52. The van der Waals surface area contributed by atoms with Gasteiger partial charge in [-0.2, -0.15) is 10.2 Å². The zero-order valence-electron chi connectivity index (χ0n) is 15.9. The summed E-state index contributed by atoms with van der Waals surface area (Å²) >= 11 is 0. The van der Waals surface area contributed by atoms with E-state index in [9.17, 15) is 23.1 Å². The number of carboxylic acid groups (broad SMARTS) is 1. The summed E-state index contributed by atoms with van der Waals surface area (Å²) < 4.78 is 47.8. The molecular formula is C21H18F3N3O3. The Morgan fingerprint density at radius 1 is 1.23 bits per heavy atom. The van der Waals surface area contributed by atoms with Gasteiger partial charge >= 0.3 is 5.97 Å². The third-order valence-corrected chi connectivity index (χ3v) is 5.97. The van der Waals surface area contributed by atoms with Crippen LogP contribution in [0.2, 0.25) is 0 Å². The van der Waals surface area contributed by atoms with E-state index in [1.807, 2.05) is 6.07 Å². The van der Waals surface area contributed by atoms with Crippen LogP contribution in [0.5, 0.6) is 5.88 Å². The molecule has 6 nitrogen and oxygen atoms in total. The highest BCUT2D eigenvalue weighted by molar-refractivity contribution is 5.75. The van der Waals surface area contributed by atoms with Gasteiger partial charge in [0.1, 0.15) is 12.4 Å². The Morgan fingerprint density at radius 3 is 2.57 bits per heavy atom. The number of hydrogen-bond donors (Lipinski definition) is 1. The molecule has 1 saturated heterocycles. The van der Waals surface area contributed by atoms with Gasteiger partial charge in [-0.1, -0.05) is 6.07 Å². The molecule has 1 unspecified atom stereocenters. The third-order valence-electron chi connectivity index (χ3n) is 5.97. The van der Waals surface area contributed by atoms with E-state index in [0.717, 1.165) is 6.07 Å². The zero-order chi connectivity index (χ0) is 21.5. The van der Waals surface area contributed by atoms with Gasteiger partial charge < -0.3 is 14.7 Å². The highest BCUT2D eigenvalue weighted by Gasteiger charge is 2.59. The first-order chi connectivity index (χ1) is 14.3. The van der Waals surface area contributed by atoms with Crippen LogP contribution in [0.25, 0.3) is 0 Å². The fraction of sp³-hybridized carbons (Fsp3) is 0.381. The molecule has 2 heterocycles. The van der Waals surface area contributed by atoms with Gasteiger partial charge in [0.25, 0.3) is 5.88 Å². The van der Waals surface area contributed by atoms with Crippen LogP contribution in [0.3, 0.4) is 0 Å². The molecule has 1 atom stereocenters. The number of benzene rings is 1. The van der Waals surface area contributed by atoms with Crippen LogP contribution in [0.1, 0.15) is 30.4 Å². The molecule has 1 aliphatic carbocycles. The Labute approximate surface area is 170 Å². The number of aromatic nitrogens is 1. The fourth-order valence-corrected chi connectivity index (χ4v) is 4.06. The smallest absolute Gasteiger partial charge is 0.307 e. The molecular weight excluding hydrogens is 399 g/mol. The number of nitrogens with zero attached hydrogens (tertiary/aromatic N) is 3. The number of carboxylic acids is 1. The minimum absolute atomic E-state index is 0.0749. The van der Waals surface area contributed by atoms with Crippen LogP contribution in [0, 0.1) is 40.1 Å². The third kappa shape index (κ3) is 3.65. The molecule has 1 aliphatic heterocycles. The highest BCUT2D eigenvalue weighted by atomic mass is 19.1. The van der Waals surface area contributed by atoms with Crippen LogP contribution in [-0.4, -0.2) is 29.1 Å². The number of nitriles is 1. The average molecular weight is 417 g/mol. The van der Waals surface area contributed by atoms with Crippen molar-refractivity contribution in [1.82, 2.24) is 4.98 Å². The lowest BCUT2D eigenvalue weighted by Gasteiger charge is -2.33. The minimum atomic E-state index is -1.01. The van der Waals surface area contributed by atoms with Crippen molar-refractivity contribution in [1.29, 1.82) is 5.26 Å². The molecule has 9 heteroatoms. The topological polar surface area (TPSA) is 86.5 Å². The summed E-state index contributed by atoms with van der Waals surface area (Å²) in [7, 11) is 0. The Hall–Kier alpha value is -3.28. The molecule has 1 spiro atoms. The van der Waals surface area contributed by atoms with E-state index in [-0.39, 0.29) is 34.9 Å². The van der Waals surface area contributed by atoms with Crippen LogP contribution < -0.4 is 9.64 Å². The van der Waals surface area contributed by atoms with Crippen molar-refractivity contribution in [3.8, 4) is 11.9 Å². The zero-order valence-corrected chi connectivity index (χ0v) is 15.9. The maximum Gasteiger partial charge on any atom is 0.307 e. The van der Waals surface area contributed by atoms with Crippen LogP contribution in [-0.2, 0) is 11.4 Å². The number of anilines is 1. The number of aliphatic carboxylic acids is 1. The molecule has 2 aliphatic rings. The van der Waals surface area contributed by atoms with Crippen molar-refractivity contribution in [2.45, 2.75) is 25.9 Å². The molecule has 1 aromatic heterocycles. The number of hydrogen-bond acceptors (Lipinski definition) is 5. The Bertz CT molecular complexity index is 1050. The number of carbonyl (C=O) groups is 1. The van der Waals surface area contributed by atoms with Crippen molar-refractivity contribution in [3.63, 3.8) is 0 Å². The largest absolute Gasteiger partial charge is 0.481 e. The van der Waals surface area contributed by atoms with E-state index < -0.39 is 29.3 Å². The monoisotopic (exact) mass is 417 g/mol. The van der Waals surface area contributed by atoms with E-state index in [1.165, 1.54) is 12.1 Å². The Balaban J connectivity index is 1.47.